The third kappa shape index (κ3) is 4.48. The van der Waals surface area contributed by atoms with E-state index in [0.717, 1.165) is 34.7 Å². The first kappa shape index (κ1) is 22.2. The van der Waals surface area contributed by atoms with Gasteiger partial charge in [-0.1, -0.05) is 0 Å². The maximum absolute atomic E-state index is 13.3. The van der Waals surface area contributed by atoms with E-state index in [9.17, 15) is 27.9 Å². The predicted molar refractivity (Wildman–Crippen MR) is 114 cm³/mol. The fraction of sp³-hybridized carbons (Fsp3) is 0.500. The number of thiophene rings is 1. The van der Waals surface area contributed by atoms with E-state index in [-0.39, 0.29) is 30.6 Å². The molecule has 1 atom stereocenters. The molecule has 1 N–H and O–H groups in total. The van der Waals surface area contributed by atoms with Gasteiger partial charge in [0.1, 0.15) is 5.01 Å². The number of carbonyl (C=O) groups is 2. The smallest absolute Gasteiger partial charge is 0.392 e. The predicted octanol–water partition coefficient (Wildman–Crippen LogP) is 5.91. The highest BCUT2D eigenvalue weighted by molar-refractivity contribution is 7.15. The van der Waals surface area contributed by atoms with Gasteiger partial charge in [0, 0.05) is 44.0 Å². The standard InChI is InChI=1S/C22H22F3NO3S2/c1-11-10-30-20(26-11)19-15-7-6-12(22(23,24)25)8-17(15)31-18(19)9-16(27)13-4-2-3-5-14(13)21(28)29/h10,12H,2-9H2,1H3,(H,28,29). The summed E-state index contributed by atoms with van der Waals surface area (Å²) in [5, 5.41) is 12.1. The second kappa shape index (κ2) is 8.50. The van der Waals surface area contributed by atoms with Crippen LogP contribution < -0.4 is 0 Å². The molecule has 2 aliphatic carbocycles. The van der Waals surface area contributed by atoms with Gasteiger partial charge in [-0.25, -0.2) is 9.78 Å². The first-order valence-electron chi connectivity index (χ1n) is 10.3. The van der Waals surface area contributed by atoms with E-state index in [0.29, 0.717) is 34.6 Å². The molecule has 2 aromatic heterocycles. The van der Waals surface area contributed by atoms with Crippen LogP contribution in [0.25, 0.3) is 10.6 Å². The van der Waals surface area contributed by atoms with Crippen LogP contribution in [0.4, 0.5) is 13.2 Å². The number of alkyl halides is 3. The van der Waals surface area contributed by atoms with Crippen LogP contribution in [0.2, 0.25) is 0 Å². The van der Waals surface area contributed by atoms with Gasteiger partial charge in [0.25, 0.3) is 0 Å². The third-order valence-electron chi connectivity index (χ3n) is 6.02. The number of hydrogen-bond donors (Lipinski definition) is 1. The number of fused-ring (bicyclic) bond motifs is 1. The summed E-state index contributed by atoms with van der Waals surface area (Å²) in [6, 6.07) is 0. The number of aliphatic carboxylic acids is 1. The van der Waals surface area contributed by atoms with Crippen molar-refractivity contribution in [3.8, 4) is 10.6 Å². The molecule has 0 aliphatic heterocycles. The molecular formula is C22H22F3NO3S2. The van der Waals surface area contributed by atoms with E-state index in [1.54, 1.807) is 0 Å². The number of hydrogen-bond acceptors (Lipinski definition) is 5. The summed E-state index contributed by atoms with van der Waals surface area (Å²) in [4.78, 5) is 30.6. The van der Waals surface area contributed by atoms with Gasteiger partial charge in [-0.2, -0.15) is 13.2 Å². The Hall–Kier alpha value is -2.00. The van der Waals surface area contributed by atoms with Crippen LogP contribution in [-0.2, 0) is 28.9 Å². The Morgan fingerprint density at radius 2 is 1.90 bits per heavy atom. The van der Waals surface area contributed by atoms with Gasteiger partial charge in [-0.05, 0) is 57.4 Å². The fourth-order valence-electron chi connectivity index (χ4n) is 4.47. The lowest BCUT2D eigenvalue weighted by Gasteiger charge is -2.24. The minimum absolute atomic E-state index is 0.00836. The van der Waals surface area contributed by atoms with Gasteiger partial charge >= 0.3 is 12.1 Å². The van der Waals surface area contributed by atoms with Crippen LogP contribution in [-0.4, -0.2) is 28.0 Å². The summed E-state index contributed by atoms with van der Waals surface area (Å²) in [5.41, 5.74) is 3.03. The number of carboxylic acid groups (broad SMARTS) is 1. The second-order valence-electron chi connectivity index (χ2n) is 8.15. The topological polar surface area (TPSA) is 67.3 Å². The summed E-state index contributed by atoms with van der Waals surface area (Å²) in [5.74, 6) is -2.66. The fourth-order valence-corrected chi connectivity index (χ4v) is 6.86. The number of thiazole rings is 1. The molecule has 0 aromatic carbocycles. The molecule has 4 rings (SSSR count). The molecule has 0 saturated carbocycles. The van der Waals surface area contributed by atoms with Crippen LogP contribution in [0.1, 0.15) is 53.1 Å². The zero-order chi connectivity index (χ0) is 22.3. The number of allylic oxidation sites excluding steroid dienone is 1. The van der Waals surface area contributed by atoms with Crippen LogP contribution in [0, 0.1) is 12.8 Å². The van der Waals surface area contributed by atoms with E-state index in [2.05, 4.69) is 4.98 Å². The average Bonchev–Trinajstić information content (AvgIpc) is 3.29. The number of aryl methyl sites for hydroxylation is 1. The third-order valence-corrected chi connectivity index (χ3v) is 8.25. The molecule has 1 unspecified atom stereocenters. The second-order valence-corrected chi connectivity index (χ2v) is 10.2. The van der Waals surface area contributed by atoms with Crippen molar-refractivity contribution in [3.05, 3.63) is 37.5 Å². The van der Waals surface area contributed by atoms with Crippen molar-refractivity contribution < 1.29 is 27.9 Å². The first-order valence-corrected chi connectivity index (χ1v) is 12.0. The Labute approximate surface area is 185 Å². The van der Waals surface area contributed by atoms with E-state index in [4.69, 9.17) is 0 Å². The quantitative estimate of drug-likeness (QED) is 0.591. The van der Waals surface area contributed by atoms with Crippen molar-refractivity contribution in [1.82, 2.24) is 4.98 Å². The normalized spacial score (nSPS) is 19.4. The van der Waals surface area contributed by atoms with Gasteiger partial charge in [-0.15, -0.1) is 22.7 Å². The lowest BCUT2D eigenvalue weighted by Crippen LogP contribution is -2.28. The molecule has 0 saturated heterocycles. The minimum Gasteiger partial charge on any atom is -0.478 e. The lowest BCUT2D eigenvalue weighted by atomic mass is 9.85. The Bertz CT molecular complexity index is 1060. The number of aromatic nitrogens is 1. The van der Waals surface area contributed by atoms with Crippen LogP contribution >= 0.6 is 22.7 Å². The van der Waals surface area contributed by atoms with E-state index in [1.165, 1.54) is 22.7 Å². The summed E-state index contributed by atoms with van der Waals surface area (Å²) in [6.07, 6.45) is -1.63. The number of rotatable bonds is 5. The number of ketones is 1. The van der Waals surface area contributed by atoms with Crippen LogP contribution in [0.3, 0.4) is 0 Å². The largest absolute Gasteiger partial charge is 0.478 e. The Morgan fingerprint density at radius 3 is 2.52 bits per heavy atom. The highest BCUT2D eigenvalue weighted by Crippen LogP contribution is 2.46. The van der Waals surface area contributed by atoms with Crippen molar-refractivity contribution in [3.63, 3.8) is 0 Å². The molecule has 2 aromatic rings. The average molecular weight is 470 g/mol. The summed E-state index contributed by atoms with van der Waals surface area (Å²) in [7, 11) is 0. The molecular weight excluding hydrogens is 447 g/mol. The van der Waals surface area contributed by atoms with Crippen molar-refractivity contribution in [2.45, 2.75) is 64.5 Å². The number of carboxylic acids is 1. The van der Waals surface area contributed by atoms with Gasteiger partial charge < -0.3 is 5.11 Å². The van der Waals surface area contributed by atoms with Crippen molar-refractivity contribution in [2.75, 3.05) is 0 Å². The van der Waals surface area contributed by atoms with Crippen LogP contribution in [0.15, 0.2) is 16.5 Å². The maximum atomic E-state index is 13.3. The van der Waals surface area contributed by atoms with Gasteiger partial charge in [-0.3, -0.25) is 4.79 Å². The van der Waals surface area contributed by atoms with Crippen molar-refractivity contribution in [1.29, 1.82) is 0 Å². The zero-order valence-corrected chi connectivity index (χ0v) is 18.6. The highest BCUT2D eigenvalue weighted by Gasteiger charge is 2.42. The maximum Gasteiger partial charge on any atom is 0.392 e. The van der Waals surface area contributed by atoms with Crippen molar-refractivity contribution >= 4 is 34.4 Å². The Kier molecular flexibility index (Phi) is 6.09. The van der Waals surface area contributed by atoms with E-state index in [1.807, 2.05) is 12.3 Å². The molecule has 0 spiro atoms. The first-order chi connectivity index (χ1) is 14.6. The number of carbonyl (C=O) groups excluding carboxylic acids is 1. The summed E-state index contributed by atoms with van der Waals surface area (Å²) >= 11 is 2.69. The zero-order valence-electron chi connectivity index (χ0n) is 17.0. The SMILES string of the molecule is Cc1csc(-c2c(CC(=O)C3=C(C(=O)O)CCCC3)sc3c2CCC(C(F)(F)F)C3)n1. The lowest BCUT2D eigenvalue weighted by molar-refractivity contribution is -0.176. The molecule has 166 valence electrons. The summed E-state index contributed by atoms with van der Waals surface area (Å²) in [6.45, 7) is 1.86. The molecule has 0 amide bonds. The number of Topliss-reactive ketones (excluding diaryl/α,β-unsaturated/α-hetero) is 1. The molecule has 2 heterocycles. The van der Waals surface area contributed by atoms with E-state index >= 15 is 0 Å². The highest BCUT2D eigenvalue weighted by atomic mass is 32.1. The van der Waals surface area contributed by atoms with E-state index < -0.39 is 18.1 Å². The molecule has 31 heavy (non-hydrogen) atoms. The Balaban J connectivity index is 1.73. The molecule has 2 aliphatic rings. The molecule has 0 bridgehead atoms. The minimum atomic E-state index is -4.24. The Morgan fingerprint density at radius 1 is 1.19 bits per heavy atom. The van der Waals surface area contributed by atoms with Gasteiger partial charge in [0.05, 0.1) is 5.92 Å². The monoisotopic (exact) mass is 469 g/mol. The van der Waals surface area contributed by atoms with Gasteiger partial charge in [0.15, 0.2) is 5.78 Å². The molecule has 0 radical (unpaired) electrons. The molecule has 4 nitrogen and oxygen atoms in total. The molecule has 0 fully saturated rings. The number of nitrogens with zero attached hydrogens (tertiary/aromatic N) is 1. The molecule has 9 heteroatoms. The summed E-state index contributed by atoms with van der Waals surface area (Å²) < 4.78 is 40.0. The van der Waals surface area contributed by atoms with Gasteiger partial charge in [0.2, 0.25) is 0 Å². The van der Waals surface area contributed by atoms with Crippen LogP contribution in [0.5, 0.6) is 0 Å². The van der Waals surface area contributed by atoms with Crippen molar-refractivity contribution in [2.24, 2.45) is 5.92 Å². The number of halogens is 3.